The molecule has 6 heteroatoms. The number of hydrogen-bond donors (Lipinski definition) is 3. The summed E-state index contributed by atoms with van der Waals surface area (Å²) in [7, 11) is 0. The van der Waals surface area contributed by atoms with Crippen molar-refractivity contribution in [1.29, 1.82) is 0 Å². The number of carbonyl (C=O) groups is 1. The molecule has 150 valence electrons. The number of fused-ring (bicyclic) bond motifs is 3. The summed E-state index contributed by atoms with van der Waals surface area (Å²) in [6.07, 6.45) is -3.08. The van der Waals surface area contributed by atoms with E-state index < -0.39 is 18.3 Å². The van der Waals surface area contributed by atoms with Crippen molar-refractivity contribution in [1.82, 2.24) is 5.32 Å². The van der Waals surface area contributed by atoms with Crippen molar-refractivity contribution >= 4 is 6.09 Å². The number of amides is 1. The fraction of sp³-hybridized carbons (Fsp3) is 0.261. The molecule has 2 atom stereocenters. The van der Waals surface area contributed by atoms with Crippen LogP contribution in [0.5, 0.6) is 0 Å². The Morgan fingerprint density at radius 2 is 1.66 bits per heavy atom. The topological polar surface area (TPSA) is 91.9 Å². The highest BCUT2D eigenvalue weighted by Crippen LogP contribution is 2.44. The number of rotatable bonds is 6. The van der Waals surface area contributed by atoms with Crippen molar-refractivity contribution in [3.05, 3.63) is 83.3 Å². The van der Waals surface area contributed by atoms with Crippen LogP contribution in [0.1, 0.15) is 34.7 Å². The Kier molecular flexibility index (Phi) is 5.38. The van der Waals surface area contributed by atoms with E-state index in [4.69, 9.17) is 9.15 Å². The molecule has 2 aromatic carbocycles. The normalized spacial score (nSPS) is 14.7. The van der Waals surface area contributed by atoms with Gasteiger partial charge in [-0.3, -0.25) is 0 Å². The summed E-state index contributed by atoms with van der Waals surface area (Å²) in [5, 5.41) is 22.7. The first-order chi connectivity index (χ1) is 14.0. The first-order valence-electron chi connectivity index (χ1n) is 9.56. The van der Waals surface area contributed by atoms with E-state index >= 15 is 0 Å². The summed E-state index contributed by atoms with van der Waals surface area (Å²) in [4.78, 5) is 12.1. The first-order valence-corrected chi connectivity index (χ1v) is 9.56. The highest BCUT2D eigenvalue weighted by Gasteiger charge is 2.29. The number of hydrogen-bond acceptors (Lipinski definition) is 5. The molecule has 3 N–H and O–H groups in total. The molecule has 0 saturated carbocycles. The summed E-state index contributed by atoms with van der Waals surface area (Å²) < 4.78 is 10.7. The van der Waals surface area contributed by atoms with Crippen molar-refractivity contribution in [2.45, 2.75) is 25.0 Å². The molecule has 0 bridgehead atoms. The van der Waals surface area contributed by atoms with Crippen LogP contribution in [0, 0.1) is 6.92 Å². The van der Waals surface area contributed by atoms with Gasteiger partial charge in [-0.1, -0.05) is 48.5 Å². The highest BCUT2D eigenvalue weighted by atomic mass is 16.5. The van der Waals surface area contributed by atoms with Gasteiger partial charge >= 0.3 is 6.09 Å². The minimum atomic E-state index is -1.22. The van der Waals surface area contributed by atoms with Gasteiger partial charge < -0.3 is 24.7 Å². The van der Waals surface area contributed by atoms with Gasteiger partial charge in [-0.05, 0) is 41.3 Å². The maximum absolute atomic E-state index is 12.1. The van der Waals surface area contributed by atoms with E-state index in [1.54, 1.807) is 19.1 Å². The molecule has 6 nitrogen and oxygen atoms in total. The van der Waals surface area contributed by atoms with Crippen LogP contribution in [0.25, 0.3) is 11.1 Å². The van der Waals surface area contributed by atoms with Crippen molar-refractivity contribution < 1.29 is 24.2 Å². The van der Waals surface area contributed by atoms with Crippen molar-refractivity contribution in [2.75, 3.05) is 13.2 Å². The van der Waals surface area contributed by atoms with Crippen LogP contribution in [0.15, 0.2) is 65.1 Å². The Bertz CT molecular complexity index is 966. The summed E-state index contributed by atoms with van der Waals surface area (Å²) >= 11 is 0. The van der Waals surface area contributed by atoms with Gasteiger partial charge in [-0.2, -0.15) is 0 Å². The van der Waals surface area contributed by atoms with Crippen LogP contribution in [0.4, 0.5) is 4.79 Å². The third-order valence-corrected chi connectivity index (χ3v) is 5.22. The van der Waals surface area contributed by atoms with Crippen LogP contribution in [0.3, 0.4) is 0 Å². The average Bonchev–Trinajstić information content (AvgIpc) is 3.31. The number of alkyl carbamates (subject to hydrolysis) is 1. The van der Waals surface area contributed by atoms with Gasteiger partial charge in [0, 0.05) is 12.5 Å². The second-order valence-corrected chi connectivity index (χ2v) is 7.17. The maximum Gasteiger partial charge on any atom is 0.407 e. The molecule has 4 rings (SSSR count). The van der Waals surface area contributed by atoms with Crippen LogP contribution in [0.2, 0.25) is 0 Å². The number of aryl methyl sites for hydroxylation is 1. The van der Waals surface area contributed by atoms with E-state index in [0.29, 0.717) is 5.76 Å². The highest BCUT2D eigenvalue weighted by molar-refractivity contribution is 5.79. The van der Waals surface area contributed by atoms with Crippen molar-refractivity contribution in [3.8, 4) is 11.1 Å². The van der Waals surface area contributed by atoms with Gasteiger partial charge in [0.2, 0.25) is 0 Å². The van der Waals surface area contributed by atoms with Gasteiger partial charge in [-0.15, -0.1) is 0 Å². The van der Waals surface area contributed by atoms with Gasteiger partial charge in [0.15, 0.2) is 0 Å². The largest absolute Gasteiger partial charge is 0.464 e. The quantitative estimate of drug-likeness (QED) is 0.596. The zero-order valence-corrected chi connectivity index (χ0v) is 16.0. The standard InChI is InChI=1S/C23H23NO5/c1-14-10-11-21(29-14)22(26)20(25)12-24-23(27)28-13-19-17-8-4-2-6-15(17)16-7-3-5-9-18(16)19/h2-11,19-20,22,25-26H,12-13H2,1H3,(H,24,27). The number of aliphatic hydroxyl groups is 2. The lowest BCUT2D eigenvalue weighted by atomic mass is 9.98. The fourth-order valence-electron chi connectivity index (χ4n) is 3.75. The minimum absolute atomic E-state index is 0.0326. The fourth-order valence-corrected chi connectivity index (χ4v) is 3.75. The molecule has 0 aliphatic heterocycles. The minimum Gasteiger partial charge on any atom is -0.464 e. The average molecular weight is 393 g/mol. The van der Waals surface area contributed by atoms with Gasteiger partial charge in [0.25, 0.3) is 0 Å². The monoisotopic (exact) mass is 393 g/mol. The molecule has 1 heterocycles. The molecule has 0 fully saturated rings. The number of nitrogens with one attached hydrogen (secondary N) is 1. The van der Waals surface area contributed by atoms with Crippen molar-refractivity contribution in [3.63, 3.8) is 0 Å². The second kappa shape index (κ2) is 8.11. The van der Waals surface area contributed by atoms with Gasteiger partial charge in [0.05, 0.1) is 0 Å². The Labute approximate surface area is 168 Å². The smallest absolute Gasteiger partial charge is 0.407 e. The second-order valence-electron chi connectivity index (χ2n) is 7.17. The SMILES string of the molecule is Cc1ccc(C(O)C(O)CNC(=O)OCC2c3ccccc3-c3ccccc32)o1. The van der Waals surface area contributed by atoms with E-state index in [2.05, 4.69) is 17.4 Å². The molecule has 0 radical (unpaired) electrons. The molecule has 0 spiro atoms. The van der Waals surface area contributed by atoms with E-state index in [1.165, 1.54) is 0 Å². The predicted octanol–water partition coefficient (Wildman–Crippen LogP) is 3.52. The van der Waals surface area contributed by atoms with Crippen molar-refractivity contribution in [2.24, 2.45) is 0 Å². The number of furan rings is 1. The predicted molar refractivity (Wildman–Crippen MR) is 107 cm³/mol. The van der Waals surface area contributed by atoms with Crippen LogP contribution in [-0.2, 0) is 4.74 Å². The van der Waals surface area contributed by atoms with E-state index in [0.717, 1.165) is 22.3 Å². The number of benzene rings is 2. The lowest BCUT2D eigenvalue weighted by Crippen LogP contribution is -2.36. The molecule has 3 aromatic rings. The van der Waals surface area contributed by atoms with Crippen LogP contribution in [-0.4, -0.2) is 35.6 Å². The Morgan fingerprint density at radius 3 is 2.24 bits per heavy atom. The van der Waals surface area contributed by atoms with Gasteiger partial charge in [0.1, 0.15) is 30.3 Å². The van der Waals surface area contributed by atoms with E-state index in [-0.39, 0.29) is 24.8 Å². The van der Waals surface area contributed by atoms with E-state index in [1.807, 2.05) is 36.4 Å². The summed E-state index contributed by atoms with van der Waals surface area (Å²) in [5.74, 6) is 0.856. The molecule has 1 amide bonds. The van der Waals surface area contributed by atoms with Gasteiger partial charge in [-0.25, -0.2) is 4.79 Å². The summed E-state index contributed by atoms with van der Waals surface area (Å²) in [5.41, 5.74) is 4.57. The molecule has 1 aliphatic rings. The molecule has 1 aromatic heterocycles. The lowest BCUT2D eigenvalue weighted by Gasteiger charge is -2.18. The summed E-state index contributed by atoms with van der Waals surface area (Å²) in [6, 6.07) is 19.5. The molecular weight excluding hydrogens is 370 g/mol. The lowest BCUT2D eigenvalue weighted by molar-refractivity contribution is 0.00568. The van der Waals surface area contributed by atoms with Crippen LogP contribution < -0.4 is 5.32 Å². The third-order valence-electron chi connectivity index (χ3n) is 5.22. The number of carbonyl (C=O) groups excluding carboxylic acids is 1. The molecule has 2 unspecified atom stereocenters. The Hall–Kier alpha value is -3.09. The number of ether oxygens (including phenoxy) is 1. The van der Waals surface area contributed by atoms with Crippen LogP contribution >= 0.6 is 0 Å². The van der Waals surface area contributed by atoms with E-state index in [9.17, 15) is 15.0 Å². The zero-order valence-electron chi connectivity index (χ0n) is 16.0. The molecule has 29 heavy (non-hydrogen) atoms. The molecule has 0 saturated heterocycles. The summed E-state index contributed by atoms with van der Waals surface area (Å²) in [6.45, 7) is 1.78. The third kappa shape index (κ3) is 3.90. The Balaban J connectivity index is 1.34. The number of aliphatic hydroxyl groups excluding tert-OH is 2. The molecule has 1 aliphatic carbocycles. The zero-order chi connectivity index (χ0) is 20.4. The molecular formula is C23H23NO5. The Morgan fingerprint density at radius 1 is 1.03 bits per heavy atom. The first kappa shape index (κ1) is 19.2. The maximum atomic E-state index is 12.1.